The van der Waals surface area contributed by atoms with Gasteiger partial charge in [0.2, 0.25) is 5.95 Å². The summed E-state index contributed by atoms with van der Waals surface area (Å²) in [4.78, 5) is 10.3. The van der Waals surface area contributed by atoms with Gasteiger partial charge in [-0.15, -0.1) is 0 Å². The first kappa shape index (κ1) is 10.2. The number of nitrogens with zero attached hydrogens (tertiary/aromatic N) is 3. The normalized spacial score (nSPS) is 20.5. The summed E-state index contributed by atoms with van der Waals surface area (Å²) >= 11 is 0. The minimum absolute atomic E-state index is 0.321. The molecule has 1 aliphatic heterocycles. The maximum Gasteiger partial charge on any atom is 0.221 e. The van der Waals surface area contributed by atoms with Crippen molar-refractivity contribution in [3.63, 3.8) is 0 Å². The molecule has 1 aliphatic rings. The van der Waals surface area contributed by atoms with E-state index in [1.54, 1.807) is 6.20 Å². The van der Waals surface area contributed by atoms with Gasteiger partial charge in [-0.2, -0.15) is 4.98 Å². The van der Waals surface area contributed by atoms with Gasteiger partial charge in [-0.1, -0.05) is 0 Å². The maximum absolute atomic E-state index is 5.58. The number of aromatic nitrogens is 2. The summed E-state index contributed by atoms with van der Waals surface area (Å²) in [6, 6.07) is 0.401. The third-order valence-corrected chi connectivity index (χ3v) is 2.75. The van der Waals surface area contributed by atoms with Gasteiger partial charge >= 0.3 is 0 Å². The van der Waals surface area contributed by atoms with Crippen molar-refractivity contribution in [2.24, 2.45) is 0 Å². The first-order valence-electron chi connectivity index (χ1n) is 5.08. The molecular formula is C10H16N4O. The third kappa shape index (κ3) is 2.02. The van der Waals surface area contributed by atoms with Gasteiger partial charge in [0.15, 0.2) is 0 Å². The lowest BCUT2D eigenvalue weighted by molar-refractivity contribution is 0.193. The predicted octanol–water partition coefficient (Wildman–Crippen LogP) is 0.592. The molecule has 2 N–H and O–H groups in total. The van der Waals surface area contributed by atoms with Crippen molar-refractivity contribution in [1.82, 2.24) is 9.97 Å². The van der Waals surface area contributed by atoms with E-state index in [1.165, 1.54) is 0 Å². The van der Waals surface area contributed by atoms with Crippen LogP contribution in [0.25, 0.3) is 0 Å². The number of ether oxygens (including phenoxy) is 1. The van der Waals surface area contributed by atoms with E-state index in [1.807, 2.05) is 14.0 Å². The molecule has 2 heterocycles. The molecule has 1 fully saturated rings. The molecule has 5 nitrogen and oxygen atoms in total. The average molecular weight is 208 g/mol. The van der Waals surface area contributed by atoms with Crippen LogP contribution in [0.1, 0.15) is 12.0 Å². The highest BCUT2D eigenvalue weighted by molar-refractivity contribution is 5.48. The van der Waals surface area contributed by atoms with Gasteiger partial charge in [0.05, 0.1) is 12.6 Å². The first-order valence-corrected chi connectivity index (χ1v) is 5.08. The van der Waals surface area contributed by atoms with Gasteiger partial charge in [-0.25, -0.2) is 4.98 Å². The van der Waals surface area contributed by atoms with Crippen LogP contribution in [0.2, 0.25) is 0 Å². The van der Waals surface area contributed by atoms with E-state index in [2.05, 4.69) is 14.9 Å². The van der Waals surface area contributed by atoms with E-state index in [4.69, 9.17) is 10.5 Å². The fourth-order valence-corrected chi connectivity index (χ4v) is 1.80. The van der Waals surface area contributed by atoms with Crippen molar-refractivity contribution >= 4 is 11.8 Å². The number of anilines is 2. The summed E-state index contributed by atoms with van der Waals surface area (Å²) in [5.41, 5.74) is 6.62. The summed E-state index contributed by atoms with van der Waals surface area (Å²) in [7, 11) is 2.02. The highest BCUT2D eigenvalue weighted by Crippen LogP contribution is 2.21. The lowest BCUT2D eigenvalue weighted by Crippen LogP contribution is -2.33. The molecule has 1 atom stereocenters. The number of hydrogen-bond donors (Lipinski definition) is 1. The molecule has 15 heavy (non-hydrogen) atoms. The first-order chi connectivity index (χ1) is 7.18. The molecule has 0 radical (unpaired) electrons. The Bertz CT molecular complexity index is 349. The van der Waals surface area contributed by atoms with Crippen LogP contribution < -0.4 is 10.6 Å². The highest BCUT2D eigenvalue weighted by Gasteiger charge is 2.22. The molecule has 82 valence electrons. The Kier molecular flexibility index (Phi) is 2.73. The summed E-state index contributed by atoms with van der Waals surface area (Å²) in [6.45, 7) is 3.58. The molecule has 1 saturated heterocycles. The lowest BCUT2D eigenvalue weighted by Gasteiger charge is -2.25. The average Bonchev–Trinajstić information content (AvgIpc) is 2.74. The van der Waals surface area contributed by atoms with E-state index in [9.17, 15) is 0 Å². The number of hydrogen-bond acceptors (Lipinski definition) is 5. The van der Waals surface area contributed by atoms with Crippen molar-refractivity contribution in [2.75, 3.05) is 30.9 Å². The van der Waals surface area contributed by atoms with Crippen LogP contribution in [0, 0.1) is 6.92 Å². The second-order valence-electron chi connectivity index (χ2n) is 3.86. The summed E-state index contributed by atoms with van der Waals surface area (Å²) in [5.74, 6) is 1.22. The standard InChI is InChI=1S/C10H16N4O/c1-7-5-12-10(11)13-9(7)14(2)8-3-4-15-6-8/h5,8H,3-4,6H2,1-2H3,(H2,11,12,13). The van der Waals surface area contributed by atoms with Gasteiger partial charge in [-0.05, 0) is 13.3 Å². The number of rotatable bonds is 2. The summed E-state index contributed by atoms with van der Waals surface area (Å²) in [6.07, 6.45) is 2.80. The Balaban J connectivity index is 2.23. The molecule has 0 aliphatic carbocycles. The van der Waals surface area contributed by atoms with Gasteiger partial charge in [0, 0.05) is 25.4 Å². The molecule has 0 saturated carbocycles. The van der Waals surface area contributed by atoms with Crippen molar-refractivity contribution in [3.8, 4) is 0 Å². The SMILES string of the molecule is Cc1cnc(N)nc1N(C)C1CCOC1. The molecule has 5 heteroatoms. The van der Waals surface area contributed by atoms with Crippen molar-refractivity contribution in [2.45, 2.75) is 19.4 Å². The van der Waals surface area contributed by atoms with E-state index < -0.39 is 0 Å². The maximum atomic E-state index is 5.58. The zero-order chi connectivity index (χ0) is 10.8. The second-order valence-corrected chi connectivity index (χ2v) is 3.86. The molecule has 1 aromatic rings. The number of likely N-dealkylation sites (N-methyl/N-ethyl adjacent to an activating group) is 1. The van der Waals surface area contributed by atoms with Gasteiger partial charge < -0.3 is 15.4 Å². The Morgan fingerprint density at radius 2 is 2.40 bits per heavy atom. The molecule has 0 bridgehead atoms. The molecule has 0 amide bonds. The quantitative estimate of drug-likeness (QED) is 0.770. The number of nitrogens with two attached hydrogens (primary N) is 1. The lowest BCUT2D eigenvalue weighted by atomic mass is 10.2. The zero-order valence-electron chi connectivity index (χ0n) is 9.10. The van der Waals surface area contributed by atoms with E-state index in [0.717, 1.165) is 31.0 Å². The molecular weight excluding hydrogens is 192 g/mol. The van der Waals surface area contributed by atoms with Crippen LogP contribution in [0.3, 0.4) is 0 Å². The minimum Gasteiger partial charge on any atom is -0.379 e. The molecule has 2 rings (SSSR count). The Morgan fingerprint density at radius 1 is 1.60 bits per heavy atom. The largest absolute Gasteiger partial charge is 0.379 e. The van der Waals surface area contributed by atoms with Gasteiger partial charge in [0.25, 0.3) is 0 Å². The fourth-order valence-electron chi connectivity index (χ4n) is 1.80. The van der Waals surface area contributed by atoms with E-state index in [-0.39, 0.29) is 0 Å². The van der Waals surface area contributed by atoms with Crippen LogP contribution in [-0.2, 0) is 4.74 Å². The fraction of sp³-hybridized carbons (Fsp3) is 0.600. The second kappa shape index (κ2) is 4.02. The van der Waals surface area contributed by atoms with Crippen molar-refractivity contribution in [3.05, 3.63) is 11.8 Å². The number of nitrogen functional groups attached to an aromatic ring is 1. The Labute approximate surface area is 89.3 Å². The van der Waals surface area contributed by atoms with Gasteiger partial charge in [-0.3, -0.25) is 0 Å². The van der Waals surface area contributed by atoms with Crippen LogP contribution >= 0.6 is 0 Å². The smallest absolute Gasteiger partial charge is 0.221 e. The minimum atomic E-state index is 0.321. The number of aryl methyl sites for hydroxylation is 1. The van der Waals surface area contributed by atoms with Gasteiger partial charge in [0.1, 0.15) is 5.82 Å². The summed E-state index contributed by atoms with van der Waals surface area (Å²) < 4.78 is 5.35. The monoisotopic (exact) mass is 208 g/mol. The summed E-state index contributed by atoms with van der Waals surface area (Å²) in [5, 5.41) is 0. The van der Waals surface area contributed by atoms with Crippen molar-refractivity contribution < 1.29 is 4.74 Å². The molecule has 0 spiro atoms. The molecule has 1 unspecified atom stereocenters. The van der Waals surface area contributed by atoms with Crippen molar-refractivity contribution in [1.29, 1.82) is 0 Å². The third-order valence-electron chi connectivity index (χ3n) is 2.75. The van der Waals surface area contributed by atoms with Crippen LogP contribution in [0.4, 0.5) is 11.8 Å². The predicted molar refractivity (Wildman–Crippen MR) is 58.8 cm³/mol. The molecule has 1 aromatic heterocycles. The highest BCUT2D eigenvalue weighted by atomic mass is 16.5. The van der Waals surface area contributed by atoms with Crippen LogP contribution in [0.15, 0.2) is 6.20 Å². The Hall–Kier alpha value is -1.36. The zero-order valence-corrected chi connectivity index (χ0v) is 9.10. The topological polar surface area (TPSA) is 64.3 Å². The molecule has 0 aromatic carbocycles. The Morgan fingerprint density at radius 3 is 3.07 bits per heavy atom. The van der Waals surface area contributed by atoms with E-state index in [0.29, 0.717) is 12.0 Å². The van der Waals surface area contributed by atoms with Crippen LogP contribution in [-0.4, -0.2) is 36.3 Å². The van der Waals surface area contributed by atoms with E-state index >= 15 is 0 Å². The van der Waals surface area contributed by atoms with Crippen LogP contribution in [0.5, 0.6) is 0 Å².